The van der Waals surface area contributed by atoms with Crippen LogP contribution in [0.5, 0.6) is 5.75 Å². The lowest BCUT2D eigenvalue weighted by Crippen LogP contribution is -2.51. The summed E-state index contributed by atoms with van der Waals surface area (Å²) in [6, 6.07) is 14.7. The van der Waals surface area contributed by atoms with Crippen LogP contribution in [0.4, 0.5) is 14.9 Å². The van der Waals surface area contributed by atoms with Gasteiger partial charge in [-0.1, -0.05) is 24.3 Å². The first kappa shape index (κ1) is 19.9. The minimum Gasteiger partial charge on any atom is -0.490 e. The molecule has 0 aliphatic carbocycles. The zero-order chi connectivity index (χ0) is 21.1. The summed E-state index contributed by atoms with van der Waals surface area (Å²) in [7, 11) is 0. The second kappa shape index (κ2) is 8.56. The van der Waals surface area contributed by atoms with Gasteiger partial charge >= 0.3 is 6.03 Å². The number of alkyl halides is 1. The molecule has 2 atom stereocenters. The Hall–Kier alpha value is -3.36. The van der Waals surface area contributed by atoms with Crippen LogP contribution < -0.4 is 31.7 Å². The number of rotatable bonds is 7. The lowest BCUT2D eigenvalue weighted by Gasteiger charge is -2.29. The van der Waals surface area contributed by atoms with Crippen molar-refractivity contribution in [2.45, 2.75) is 18.9 Å². The highest BCUT2D eigenvalue weighted by Gasteiger charge is 2.31. The topological polar surface area (TPSA) is 106 Å². The van der Waals surface area contributed by atoms with Gasteiger partial charge in [-0.05, 0) is 35.9 Å². The SMILES string of the molecule is NCc1ccc(N2C=C3C=C(c4cccc(OC[C@H](F)CN)c4)NC3NC2=O)cc1. The molecule has 0 bridgehead atoms. The number of urea groups is 1. The van der Waals surface area contributed by atoms with Gasteiger partial charge < -0.3 is 26.8 Å². The molecule has 2 aromatic rings. The van der Waals surface area contributed by atoms with Gasteiger partial charge in [0.2, 0.25) is 0 Å². The fourth-order valence-corrected chi connectivity index (χ4v) is 3.32. The predicted octanol–water partition coefficient (Wildman–Crippen LogP) is 2.20. The summed E-state index contributed by atoms with van der Waals surface area (Å²) in [4.78, 5) is 14.2. The van der Waals surface area contributed by atoms with Crippen LogP contribution in [0, 0.1) is 0 Å². The van der Waals surface area contributed by atoms with Gasteiger partial charge in [-0.3, -0.25) is 4.90 Å². The highest BCUT2D eigenvalue weighted by molar-refractivity contribution is 5.96. The molecule has 156 valence electrons. The average Bonchev–Trinajstić information content (AvgIpc) is 3.20. The van der Waals surface area contributed by atoms with Gasteiger partial charge in [0.1, 0.15) is 24.7 Å². The van der Waals surface area contributed by atoms with E-state index in [0.717, 1.165) is 28.1 Å². The van der Waals surface area contributed by atoms with Crippen LogP contribution >= 0.6 is 0 Å². The highest BCUT2D eigenvalue weighted by atomic mass is 19.1. The molecule has 2 heterocycles. The van der Waals surface area contributed by atoms with Gasteiger partial charge in [-0.25, -0.2) is 9.18 Å². The van der Waals surface area contributed by atoms with Gasteiger partial charge in [0.05, 0.1) is 5.69 Å². The quantitative estimate of drug-likeness (QED) is 0.561. The minimum absolute atomic E-state index is 0.0760. The first-order valence-corrected chi connectivity index (χ1v) is 9.73. The molecule has 0 fully saturated rings. The van der Waals surface area contributed by atoms with Gasteiger partial charge in [0.25, 0.3) is 0 Å². The van der Waals surface area contributed by atoms with E-state index in [1.54, 1.807) is 11.0 Å². The van der Waals surface area contributed by atoms with Gasteiger partial charge in [-0.15, -0.1) is 0 Å². The van der Waals surface area contributed by atoms with E-state index in [1.807, 2.05) is 54.7 Å². The monoisotopic (exact) mass is 409 g/mol. The number of hydrogen-bond acceptors (Lipinski definition) is 5. The summed E-state index contributed by atoms with van der Waals surface area (Å²) >= 11 is 0. The normalized spacial score (nSPS) is 18.7. The van der Waals surface area contributed by atoms with Crippen molar-refractivity contribution in [1.29, 1.82) is 0 Å². The Kier molecular flexibility index (Phi) is 5.69. The first-order valence-electron chi connectivity index (χ1n) is 9.73. The van der Waals surface area contributed by atoms with Gasteiger partial charge in [-0.2, -0.15) is 0 Å². The maximum atomic E-state index is 13.3. The number of nitrogens with zero attached hydrogens (tertiary/aromatic N) is 1. The third-order valence-corrected chi connectivity index (χ3v) is 4.99. The van der Waals surface area contributed by atoms with E-state index in [-0.39, 0.29) is 25.3 Å². The van der Waals surface area contributed by atoms with Gasteiger partial charge in [0.15, 0.2) is 0 Å². The number of carbonyl (C=O) groups excluding carboxylic acids is 1. The molecule has 1 unspecified atom stereocenters. The summed E-state index contributed by atoms with van der Waals surface area (Å²) in [6.45, 7) is 0.286. The van der Waals surface area contributed by atoms with Crippen molar-refractivity contribution >= 4 is 17.4 Å². The van der Waals surface area contributed by atoms with Crippen molar-refractivity contribution < 1.29 is 13.9 Å². The standard InChI is InChI=1S/C22H24FN5O2/c23-17(11-25)13-30-19-3-1-2-15(8-19)20-9-16-12-28(22(29)27-21(16)26-20)18-6-4-14(10-24)5-7-18/h1-9,12,17,21,26H,10-11,13,24-25H2,(H,27,29)/t17-,21?/m1/s1. The van der Waals surface area contributed by atoms with Crippen LogP contribution in [0.15, 0.2) is 66.4 Å². The molecule has 7 nitrogen and oxygen atoms in total. The van der Waals surface area contributed by atoms with E-state index < -0.39 is 6.17 Å². The van der Waals surface area contributed by atoms with Crippen LogP contribution in [0.25, 0.3) is 5.70 Å². The second-order valence-corrected chi connectivity index (χ2v) is 7.13. The average molecular weight is 409 g/mol. The molecule has 2 aliphatic heterocycles. The zero-order valence-corrected chi connectivity index (χ0v) is 16.3. The van der Waals surface area contributed by atoms with E-state index in [0.29, 0.717) is 12.3 Å². The lowest BCUT2D eigenvalue weighted by molar-refractivity contribution is 0.201. The zero-order valence-electron chi connectivity index (χ0n) is 16.3. The number of hydrogen-bond donors (Lipinski definition) is 4. The number of anilines is 1. The fraction of sp³-hybridized carbons (Fsp3) is 0.227. The van der Waals surface area contributed by atoms with Crippen molar-refractivity contribution in [3.63, 3.8) is 0 Å². The van der Waals surface area contributed by atoms with E-state index in [1.165, 1.54) is 0 Å². The molecule has 6 N–H and O–H groups in total. The number of halogens is 1. The highest BCUT2D eigenvalue weighted by Crippen LogP contribution is 2.29. The second-order valence-electron chi connectivity index (χ2n) is 7.13. The Balaban J connectivity index is 1.54. The largest absolute Gasteiger partial charge is 0.490 e. The van der Waals surface area contributed by atoms with E-state index in [4.69, 9.17) is 16.2 Å². The number of nitrogens with two attached hydrogens (primary N) is 2. The maximum absolute atomic E-state index is 13.3. The van der Waals surface area contributed by atoms with Crippen molar-refractivity contribution in [2.24, 2.45) is 11.5 Å². The van der Waals surface area contributed by atoms with Crippen LogP contribution in [0.2, 0.25) is 0 Å². The minimum atomic E-state index is -1.20. The number of nitrogens with one attached hydrogen (secondary N) is 2. The Morgan fingerprint density at radius 2 is 1.93 bits per heavy atom. The van der Waals surface area contributed by atoms with Crippen LogP contribution in [-0.2, 0) is 6.54 Å². The van der Waals surface area contributed by atoms with Crippen molar-refractivity contribution in [2.75, 3.05) is 18.1 Å². The summed E-state index contributed by atoms with van der Waals surface area (Å²) in [5.74, 6) is 0.556. The molecule has 4 rings (SSSR count). The molecule has 0 aromatic heterocycles. The van der Waals surface area contributed by atoms with Crippen LogP contribution in [-0.4, -0.2) is 31.5 Å². The Morgan fingerprint density at radius 1 is 1.13 bits per heavy atom. The van der Waals surface area contributed by atoms with Gasteiger partial charge in [0, 0.05) is 36.1 Å². The van der Waals surface area contributed by atoms with Crippen LogP contribution in [0.1, 0.15) is 11.1 Å². The Morgan fingerprint density at radius 3 is 2.67 bits per heavy atom. The van der Waals surface area contributed by atoms with E-state index in [2.05, 4.69) is 10.6 Å². The maximum Gasteiger partial charge on any atom is 0.327 e. The fourth-order valence-electron chi connectivity index (χ4n) is 3.32. The molecule has 8 heteroatoms. The van der Waals surface area contributed by atoms with Crippen molar-refractivity contribution in [1.82, 2.24) is 10.6 Å². The molecule has 0 spiro atoms. The molecule has 0 saturated heterocycles. The number of amides is 2. The van der Waals surface area contributed by atoms with Crippen molar-refractivity contribution in [3.05, 3.63) is 77.5 Å². The predicted molar refractivity (Wildman–Crippen MR) is 114 cm³/mol. The van der Waals surface area contributed by atoms with Crippen molar-refractivity contribution in [3.8, 4) is 5.75 Å². The number of fused-ring (bicyclic) bond motifs is 1. The summed E-state index contributed by atoms with van der Waals surface area (Å²) in [5, 5.41) is 6.25. The molecule has 30 heavy (non-hydrogen) atoms. The van der Waals surface area contributed by atoms with E-state index >= 15 is 0 Å². The van der Waals surface area contributed by atoms with Crippen LogP contribution in [0.3, 0.4) is 0 Å². The molecular weight excluding hydrogens is 385 g/mol. The molecule has 0 saturated carbocycles. The summed E-state index contributed by atoms with van der Waals surface area (Å²) in [6.07, 6.45) is 2.27. The smallest absolute Gasteiger partial charge is 0.327 e. The molecule has 2 amide bonds. The molecule has 2 aromatic carbocycles. The Bertz CT molecular complexity index is 989. The molecule has 0 radical (unpaired) electrons. The summed E-state index contributed by atoms with van der Waals surface area (Å²) in [5.41, 5.74) is 15.3. The Labute approximate surface area is 174 Å². The van der Waals surface area contributed by atoms with E-state index in [9.17, 15) is 9.18 Å². The molecular formula is C22H24FN5O2. The number of ether oxygens (including phenoxy) is 1. The number of carbonyl (C=O) groups is 1. The third kappa shape index (κ3) is 4.14. The summed E-state index contributed by atoms with van der Waals surface area (Å²) < 4.78 is 18.8. The first-order chi connectivity index (χ1) is 14.6. The number of benzene rings is 2. The third-order valence-electron chi connectivity index (χ3n) is 4.99. The molecule has 2 aliphatic rings. The lowest BCUT2D eigenvalue weighted by atomic mass is 10.1.